The Kier molecular flexibility index (Phi) is 3.32. The molecule has 102 valence electrons. The molecular weight excluding hydrogens is 346 g/mol. The predicted molar refractivity (Wildman–Crippen MR) is 63.2 cm³/mol. The van der Waals surface area contributed by atoms with Gasteiger partial charge in [0, 0.05) is 13.0 Å². The van der Waals surface area contributed by atoms with Gasteiger partial charge in [0.25, 0.3) is 10.0 Å². The Morgan fingerprint density at radius 1 is 1.42 bits per heavy atom. The van der Waals surface area contributed by atoms with E-state index in [-0.39, 0.29) is 21.5 Å². The zero-order valence-corrected chi connectivity index (χ0v) is 11.6. The Bertz CT molecular complexity index is 734. The lowest BCUT2D eigenvalue weighted by Gasteiger charge is -2.00. The molecule has 0 spiro atoms. The van der Waals surface area contributed by atoms with Crippen LogP contribution >= 0.6 is 15.9 Å². The van der Waals surface area contributed by atoms with Crippen molar-refractivity contribution in [1.82, 2.24) is 10.2 Å². The molecule has 2 rings (SSSR count). The SMILES string of the molecule is Cc1nnc(NS(=O)(=O)c2cc(C(=O)O)oc2Br)o1. The number of nitrogens with zero attached hydrogens (tertiary/aromatic N) is 2. The van der Waals surface area contributed by atoms with Crippen LogP contribution in [0, 0.1) is 6.92 Å². The van der Waals surface area contributed by atoms with Crippen LogP contribution in [0.25, 0.3) is 0 Å². The zero-order chi connectivity index (χ0) is 14.2. The van der Waals surface area contributed by atoms with Crippen LogP contribution in [0.1, 0.15) is 16.4 Å². The van der Waals surface area contributed by atoms with Crippen molar-refractivity contribution in [1.29, 1.82) is 0 Å². The van der Waals surface area contributed by atoms with Gasteiger partial charge in [-0.05, 0) is 15.9 Å². The third-order valence-electron chi connectivity index (χ3n) is 1.90. The summed E-state index contributed by atoms with van der Waals surface area (Å²) in [5.74, 6) is -1.74. The first-order chi connectivity index (χ1) is 8.79. The van der Waals surface area contributed by atoms with Crippen molar-refractivity contribution in [3.63, 3.8) is 0 Å². The molecule has 0 saturated heterocycles. The van der Waals surface area contributed by atoms with E-state index in [9.17, 15) is 13.2 Å². The van der Waals surface area contributed by atoms with E-state index in [1.54, 1.807) is 0 Å². The summed E-state index contributed by atoms with van der Waals surface area (Å²) in [6, 6.07) is 0.528. The topological polar surface area (TPSA) is 136 Å². The normalized spacial score (nSPS) is 11.5. The summed E-state index contributed by atoms with van der Waals surface area (Å²) in [6.07, 6.45) is 0. The van der Waals surface area contributed by atoms with Crippen molar-refractivity contribution in [3.8, 4) is 0 Å². The van der Waals surface area contributed by atoms with Crippen LogP contribution in [0.5, 0.6) is 0 Å². The van der Waals surface area contributed by atoms with Gasteiger partial charge in [-0.25, -0.2) is 17.9 Å². The fourth-order valence-corrected chi connectivity index (χ4v) is 3.01. The molecule has 2 heterocycles. The summed E-state index contributed by atoms with van der Waals surface area (Å²) in [6.45, 7) is 1.49. The fraction of sp³-hybridized carbons (Fsp3) is 0.125. The molecule has 0 aromatic carbocycles. The summed E-state index contributed by atoms with van der Waals surface area (Å²) in [4.78, 5) is 10.3. The van der Waals surface area contributed by atoms with E-state index in [0.29, 0.717) is 0 Å². The monoisotopic (exact) mass is 351 g/mol. The Labute approximate surface area is 114 Å². The van der Waals surface area contributed by atoms with Gasteiger partial charge in [-0.3, -0.25) is 0 Å². The van der Waals surface area contributed by atoms with E-state index in [1.807, 2.05) is 4.72 Å². The number of hydrogen-bond acceptors (Lipinski definition) is 7. The first-order valence-corrected chi connectivity index (χ1v) is 6.93. The Balaban J connectivity index is 2.37. The van der Waals surface area contributed by atoms with Gasteiger partial charge in [0.05, 0.1) is 0 Å². The second-order valence-electron chi connectivity index (χ2n) is 3.29. The number of halogens is 1. The summed E-state index contributed by atoms with van der Waals surface area (Å²) in [5.41, 5.74) is 0. The molecule has 0 aliphatic rings. The van der Waals surface area contributed by atoms with Gasteiger partial charge in [0.15, 0.2) is 4.67 Å². The molecule has 19 heavy (non-hydrogen) atoms. The van der Waals surface area contributed by atoms with Gasteiger partial charge in [-0.1, -0.05) is 5.10 Å². The van der Waals surface area contributed by atoms with E-state index < -0.39 is 21.8 Å². The number of anilines is 1. The first-order valence-electron chi connectivity index (χ1n) is 4.65. The van der Waals surface area contributed by atoms with E-state index in [2.05, 4.69) is 26.1 Å². The van der Waals surface area contributed by atoms with Crippen molar-refractivity contribution in [3.05, 3.63) is 22.4 Å². The molecule has 0 bridgehead atoms. The van der Waals surface area contributed by atoms with Crippen LogP contribution in [0.3, 0.4) is 0 Å². The maximum atomic E-state index is 11.9. The Hall–Kier alpha value is -1.88. The van der Waals surface area contributed by atoms with Gasteiger partial charge in [-0.15, -0.1) is 5.10 Å². The minimum Gasteiger partial charge on any atom is -0.475 e. The van der Waals surface area contributed by atoms with Crippen LogP contribution in [0.2, 0.25) is 0 Å². The molecule has 0 unspecified atom stereocenters. The van der Waals surface area contributed by atoms with Crippen molar-refractivity contribution in [2.24, 2.45) is 0 Å². The maximum absolute atomic E-state index is 11.9. The molecule has 2 aromatic rings. The molecule has 0 amide bonds. The third kappa shape index (κ3) is 2.76. The highest BCUT2D eigenvalue weighted by Crippen LogP contribution is 2.27. The summed E-state index contributed by atoms with van der Waals surface area (Å²) < 4.78 is 35.2. The molecule has 0 atom stereocenters. The van der Waals surface area contributed by atoms with Crippen molar-refractivity contribution in [2.45, 2.75) is 11.8 Å². The smallest absolute Gasteiger partial charge is 0.371 e. The number of carboxylic acid groups (broad SMARTS) is 1. The van der Waals surface area contributed by atoms with E-state index >= 15 is 0 Å². The lowest BCUT2D eigenvalue weighted by molar-refractivity contribution is 0.0661. The minimum atomic E-state index is -4.09. The van der Waals surface area contributed by atoms with Crippen LogP contribution in [-0.4, -0.2) is 29.7 Å². The summed E-state index contributed by atoms with van der Waals surface area (Å²) >= 11 is 2.82. The Morgan fingerprint density at radius 2 is 2.11 bits per heavy atom. The third-order valence-corrected chi connectivity index (χ3v) is 4.08. The van der Waals surface area contributed by atoms with Crippen LogP contribution in [0.4, 0.5) is 6.01 Å². The standard InChI is InChI=1S/C8H6BrN3O6S/c1-3-10-11-8(17-3)12-19(15,16)5-2-4(7(13)14)18-6(5)9/h2H,1H3,(H,11,12)(H,13,14). The van der Waals surface area contributed by atoms with Gasteiger partial charge in [0.1, 0.15) is 4.90 Å². The molecule has 11 heteroatoms. The van der Waals surface area contributed by atoms with Crippen LogP contribution in [0.15, 0.2) is 24.5 Å². The van der Waals surface area contributed by atoms with Crippen LogP contribution in [-0.2, 0) is 10.0 Å². The molecule has 9 nitrogen and oxygen atoms in total. The molecule has 0 aliphatic carbocycles. The number of aromatic nitrogens is 2. The van der Waals surface area contributed by atoms with Gasteiger partial charge in [0.2, 0.25) is 11.7 Å². The molecule has 2 aromatic heterocycles. The van der Waals surface area contributed by atoms with Gasteiger partial charge in [-0.2, -0.15) is 0 Å². The molecule has 0 radical (unpaired) electrons. The Morgan fingerprint density at radius 3 is 2.58 bits per heavy atom. The summed E-state index contributed by atoms with van der Waals surface area (Å²) in [5, 5.41) is 15.6. The molecular formula is C8H6BrN3O6S. The van der Waals surface area contributed by atoms with Crippen molar-refractivity contribution < 1.29 is 27.2 Å². The average Bonchev–Trinajstić information content (AvgIpc) is 2.85. The van der Waals surface area contributed by atoms with Crippen LogP contribution < -0.4 is 4.72 Å². The zero-order valence-electron chi connectivity index (χ0n) is 9.25. The number of aromatic carboxylic acids is 1. The molecule has 2 N–H and O–H groups in total. The number of furan rings is 1. The number of carbonyl (C=O) groups is 1. The number of nitrogens with one attached hydrogen (secondary N) is 1. The summed E-state index contributed by atoms with van der Waals surface area (Å²) in [7, 11) is -4.09. The lowest BCUT2D eigenvalue weighted by atomic mass is 10.5. The highest BCUT2D eigenvalue weighted by atomic mass is 79.9. The number of hydrogen-bond donors (Lipinski definition) is 2. The fourth-order valence-electron chi connectivity index (χ4n) is 1.15. The van der Waals surface area contributed by atoms with Gasteiger partial charge < -0.3 is 13.9 Å². The second kappa shape index (κ2) is 4.66. The largest absolute Gasteiger partial charge is 0.475 e. The number of aryl methyl sites for hydroxylation is 1. The molecule has 0 aliphatic heterocycles. The first kappa shape index (κ1) is 13.5. The maximum Gasteiger partial charge on any atom is 0.371 e. The number of sulfonamides is 1. The van der Waals surface area contributed by atoms with Gasteiger partial charge >= 0.3 is 12.0 Å². The minimum absolute atomic E-state index is 0.176. The highest BCUT2D eigenvalue weighted by molar-refractivity contribution is 9.10. The molecule has 0 saturated carbocycles. The number of rotatable bonds is 4. The van der Waals surface area contributed by atoms with Crippen molar-refractivity contribution >= 4 is 37.9 Å². The highest BCUT2D eigenvalue weighted by Gasteiger charge is 2.26. The van der Waals surface area contributed by atoms with E-state index in [0.717, 1.165) is 6.07 Å². The van der Waals surface area contributed by atoms with E-state index in [1.165, 1.54) is 6.92 Å². The second-order valence-corrected chi connectivity index (χ2v) is 5.66. The van der Waals surface area contributed by atoms with Crippen molar-refractivity contribution in [2.75, 3.05) is 4.72 Å². The number of carboxylic acids is 1. The quantitative estimate of drug-likeness (QED) is 0.839. The molecule has 0 fully saturated rings. The predicted octanol–water partition coefficient (Wildman–Crippen LogP) is 1.23. The lowest BCUT2D eigenvalue weighted by Crippen LogP contribution is -2.13. The average molecular weight is 352 g/mol. The van der Waals surface area contributed by atoms with E-state index in [4.69, 9.17) is 13.9 Å².